The smallest absolute Gasteiger partial charge is 0.462 e. The summed E-state index contributed by atoms with van der Waals surface area (Å²) in [6.45, 7) is 4.16. The van der Waals surface area contributed by atoms with Crippen LogP contribution in [0.4, 0.5) is 0 Å². The second kappa shape index (κ2) is 79.4. The minimum atomic E-state index is -4.42. The Morgan fingerprint density at radius 1 is 0.304 bits per heavy atom. The summed E-state index contributed by atoms with van der Waals surface area (Å²) < 4.78 is 34.8. The molecule has 0 spiro atoms. The van der Waals surface area contributed by atoms with Crippen molar-refractivity contribution in [3.63, 3.8) is 0 Å². The molecule has 102 heavy (non-hydrogen) atoms. The topological polar surface area (TPSA) is 108 Å². The molecule has 0 bridgehead atoms. The van der Waals surface area contributed by atoms with Gasteiger partial charge in [0.05, 0.1) is 27.7 Å². The molecule has 10 heteroatoms. The van der Waals surface area contributed by atoms with Crippen molar-refractivity contribution in [3.05, 3.63) is 219 Å². The lowest BCUT2D eigenvalue weighted by Gasteiger charge is -2.24. The third-order valence-electron chi connectivity index (χ3n) is 16.5. The molecule has 1 N–H and O–H groups in total. The molecule has 0 radical (unpaired) electrons. The molecule has 0 rings (SSSR count). The molecule has 0 aliphatic carbocycles. The molecule has 0 heterocycles. The highest BCUT2D eigenvalue weighted by molar-refractivity contribution is 7.47. The van der Waals surface area contributed by atoms with Crippen molar-refractivity contribution in [2.45, 2.75) is 302 Å². The molecule has 0 aromatic heterocycles. The number of likely N-dealkylation sites (N-methyl/N-ethyl adjacent to an activating group) is 1. The summed E-state index contributed by atoms with van der Waals surface area (Å²) in [6.07, 6.45) is 126. The third kappa shape index (κ3) is 83.3. The van der Waals surface area contributed by atoms with E-state index in [9.17, 15) is 19.0 Å². The predicted molar refractivity (Wildman–Crippen MR) is 444 cm³/mol. The average Bonchev–Trinajstić information content (AvgIpc) is 0.913. The minimum absolute atomic E-state index is 0.0151. The predicted octanol–water partition coefficient (Wildman–Crippen LogP) is 27.5. The molecule has 0 saturated heterocycles. The van der Waals surface area contributed by atoms with E-state index in [1.807, 2.05) is 21.1 Å². The van der Waals surface area contributed by atoms with Gasteiger partial charge in [-0.1, -0.05) is 348 Å². The number of quaternary nitrogens is 1. The number of nitrogens with zero attached hydrogens (tertiary/aromatic N) is 1. The number of carbonyl (C=O) groups is 2. The van der Waals surface area contributed by atoms with E-state index < -0.39 is 26.5 Å². The van der Waals surface area contributed by atoms with Crippen LogP contribution in [0.1, 0.15) is 296 Å². The number of rotatable bonds is 72. The fraction of sp³-hybridized carbons (Fsp3) is 0.587. The number of unbranched alkanes of at least 4 members (excludes halogenated alkanes) is 22. The Balaban J connectivity index is 4.09. The molecular formula is C92H149NO8P+. The van der Waals surface area contributed by atoms with E-state index in [0.717, 1.165) is 154 Å². The second-order valence-electron chi connectivity index (χ2n) is 27.3. The summed E-state index contributed by atoms with van der Waals surface area (Å²) in [4.78, 5) is 36.0. The summed E-state index contributed by atoms with van der Waals surface area (Å²) in [7, 11) is 1.43. The summed E-state index contributed by atoms with van der Waals surface area (Å²) in [5.74, 6) is -0.843. The number of phosphoric ester groups is 1. The third-order valence-corrected chi connectivity index (χ3v) is 17.5. The standard InChI is InChI=1S/C92H148NO8P/c1-6-8-10-12-14-16-18-20-22-24-26-28-30-32-34-36-38-40-42-44-45-46-47-49-50-52-54-56-58-60-62-64-66-68-70-72-74-76-78-80-82-84-91(94)98-88-90(89-100-102(96,97)99-87-86-93(3,4)5)101-92(95)85-83-81-79-77-75-73-71-69-67-65-63-61-59-57-55-53-51-48-43-41-39-37-35-33-31-29-27-25-23-21-19-17-15-13-11-9-7-2/h8-11,14-17,20-23,26-29,32-35,38-41,44-45,48,51,55,57,61,63,67,69,73,75,90H,6-7,12-13,18-19,24-25,30-31,36-37,42-43,46-47,49-50,52-54,56,58-60,62,64-66,68,70-72,74,76-89H2,1-5H3/p+1/b10-8-,11-9-,16-14-,17-15-,22-20-,23-21-,28-26-,29-27-,34-32-,35-33-,40-38-,41-39-,45-44-,51-48-,57-55-,63-61-,69-67-,75-73-. The first-order chi connectivity index (χ1) is 50.0. The quantitative estimate of drug-likeness (QED) is 0.0211. The van der Waals surface area contributed by atoms with Crippen LogP contribution in [-0.2, 0) is 32.7 Å². The van der Waals surface area contributed by atoms with Crippen LogP contribution in [0.25, 0.3) is 0 Å². The van der Waals surface area contributed by atoms with Gasteiger partial charge in [0.2, 0.25) is 0 Å². The van der Waals surface area contributed by atoms with Gasteiger partial charge in [-0.05, 0) is 154 Å². The lowest BCUT2D eigenvalue weighted by Crippen LogP contribution is -2.37. The molecule has 2 unspecified atom stereocenters. The summed E-state index contributed by atoms with van der Waals surface area (Å²) in [5.41, 5.74) is 0. The molecule has 0 amide bonds. The van der Waals surface area contributed by atoms with Gasteiger partial charge in [0.25, 0.3) is 0 Å². The molecule has 0 aromatic carbocycles. The SMILES string of the molecule is CC/C=C\C/C=C\C/C=C\C/C=C\C/C=C\C/C=C\C/C=C\C/C=C\C/C=C\C/C=C\C/C=C\CCCCCC(=O)OC(COC(=O)CCCCCCCCCCCCCCCCCCCCC/C=C\C/C=C\C/C=C\C/C=C\C/C=C\C/C=C\C/C=C\CC)COP(=O)(O)OCC[N+](C)(C)C. The number of hydrogen-bond acceptors (Lipinski definition) is 7. The number of carbonyl (C=O) groups excluding carboxylic acids is 2. The van der Waals surface area contributed by atoms with Crippen LogP contribution in [0.5, 0.6) is 0 Å². The van der Waals surface area contributed by atoms with Gasteiger partial charge in [0.1, 0.15) is 19.8 Å². The number of phosphoric acid groups is 1. The molecule has 0 aliphatic heterocycles. The van der Waals surface area contributed by atoms with Crippen LogP contribution in [0.3, 0.4) is 0 Å². The zero-order valence-electron chi connectivity index (χ0n) is 65.5. The lowest BCUT2D eigenvalue weighted by atomic mass is 10.0. The molecular weight excluding hydrogens is 1280 g/mol. The number of allylic oxidation sites excluding steroid dienone is 36. The highest BCUT2D eigenvalue weighted by atomic mass is 31.2. The maximum atomic E-state index is 12.9. The first-order valence-electron chi connectivity index (χ1n) is 40.5. The van der Waals surface area contributed by atoms with Crippen molar-refractivity contribution in [1.29, 1.82) is 0 Å². The number of esters is 2. The highest BCUT2D eigenvalue weighted by Crippen LogP contribution is 2.43. The molecule has 0 fully saturated rings. The Morgan fingerprint density at radius 3 is 0.794 bits per heavy atom. The van der Waals surface area contributed by atoms with Crippen molar-refractivity contribution < 1.29 is 42.1 Å². The summed E-state index contributed by atoms with van der Waals surface area (Å²) in [5, 5.41) is 0. The minimum Gasteiger partial charge on any atom is -0.462 e. The van der Waals surface area contributed by atoms with Crippen molar-refractivity contribution in [3.8, 4) is 0 Å². The van der Waals surface area contributed by atoms with Crippen LogP contribution < -0.4 is 0 Å². The maximum Gasteiger partial charge on any atom is 0.472 e. The van der Waals surface area contributed by atoms with Crippen LogP contribution in [0, 0.1) is 0 Å². The zero-order chi connectivity index (χ0) is 74.0. The lowest BCUT2D eigenvalue weighted by molar-refractivity contribution is -0.870. The summed E-state index contributed by atoms with van der Waals surface area (Å²) in [6, 6.07) is 0. The van der Waals surface area contributed by atoms with Gasteiger partial charge in [-0.15, -0.1) is 0 Å². The molecule has 574 valence electrons. The van der Waals surface area contributed by atoms with E-state index in [-0.39, 0.29) is 32.0 Å². The van der Waals surface area contributed by atoms with E-state index in [4.69, 9.17) is 18.5 Å². The Hall–Kier alpha value is -5.67. The van der Waals surface area contributed by atoms with E-state index in [2.05, 4.69) is 233 Å². The number of ether oxygens (including phenoxy) is 2. The highest BCUT2D eigenvalue weighted by Gasteiger charge is 2.27. The van der Waals surface area contributed by atoms with Gasteiger partial charge < -0.3 is 18.9 Å². The molecule has 2 atom stereocenters. The van der Waals surface area contributed by atoms with Gasteiger partial charge in [0.15, 0.2) is 6.10 Å². The number of hydrogen-bond donors (Lipinski definition) is 1. The Kier molecular flexibility index (Phi) is 75.0. The Bertz CT molecular complexity index is 2530. The Morgan fingerprint density at radius 2 is 0.529 bits per heavy atom. The van der Waals surface area contributed by atoms with Gasteiger partial charge in [-0.2, -0.15) is 0 Å². The maximum absolute atomic E-state index is 12.9. The zero-order valence-corrected chi connectivity index (χ0v) is 66.4. The van der Waals surface area contributed by atoms with Gasteiger partial charge in [0, 0.05) is 12.8 Å². The molecule has 0 aromatic rings. The average molecular weight is 1430 g/mol. The van der Waals surface area contributed by atoms with E-state index >= 15 is 0 Å². The van der Waals surface area contributed by atoms with Crippen molar-refractivity contribution in [1.82, 2.24) is 0 Å². The monoisotopic (exact) mass is 1430 g/mol. The van der Waals surface area contributed by atoms with Gasteiger partial charge in [-0.25, -0.2) is 4.57 Å². The molecule has 0 aliphatic rings. The summed E-state index contributed by atoms with van der Waals surface area (Å²) >= 11 is 0. The second-order valence-corrected chi connectivity index (χ2v) is 28.8. The normalized spacial score (nSPS) is 14.2. The van der Waals surface area contributed by atoms with Crippen molar-refractivity contribution >= 4 is 19.8 Å². The largest absolute Gasteiger partial charge is 0.472 e. The van der Waals surface area contributed by atoms with E-state index in [0.29, 0.717) is 17.4 Å². The first kappa shape index (κ1) is 96.3. The van der Waals surface area contributed by atoms with Crippen LogP contribution >= 0.6 is 7.82 Å². The Labute approximate surface area is 627 Å². The first-order valence-corrected chi connectivity index (χ1v) is 42.0. The fourth-order valence-corrected chi connectivity index (χ4v) is 11.2. The molecule has 0 saturated carbocycles. The van der Waals surface area contributed by atoms with Crippen molar-refractivity contribution in [2.24, 2.45) is 0 Å². The molecule has 9 nitrogen and oxygen atoms in total. The van der Waals surface area contributed by atoms with Crippen LogP contribution in [0.15, 0.2) is 219 Å². The van der Waals surface area contributed by atoms with Gasteiger partial charge in [-0.3, -0.25) is 18.6 Å². The fourth-order valence-electron chi connectivity index (χ4n) is 10.4. The van der Waals surface area contributed by atoms with E-state index in [1.54, 1.807) is 0 Å². The van der Waals surface area contributed by atoms with E-state index in [1.165, 1.54) is 109 Å². The van der Waals surface area contributed by atoms with Crippen LogP contribution in [0.2, 0.25) is 0 Å². The van der Waals surface area contributed by atoms with Crippen molar-refractivity contribution in [2.75, 3.05) is 47.5 Å². The van der Waals surface area contributed by atoms with Gasteiger partial charge >= 0.3 is 19.8 Å². The van der Waals surface area contributed by atoms with Crippen LogP contribution in [-0.4, -0.2) is 74.9 Å².